The van der Waals surface area contributed by atoms with Crippen molar-refractivity contribution in [3.8, 4) is 0 Å². The fourth-order valence-corrected chi connectivity index (χ4v) is 2.20. The number of carboxylic acids is 1. The minimum Gasteiger partial charge on any atom is -0.480 e. The normalized spacial score (nSPS) is 31.8. The molecular weight excluding hydrogens is 208 g/mol. The molecule has 0 radical (unpaired) electrons. The molecule has 4 N–H and O–H groups in total. The maximum absolute atomic E-state index is 11.9. The van der Waals surface area contributed by atoms with Crippen LogP contribution in [0.25, 0.3) is 0 Å². The summed E-state index contributed by atoms with van der Waals surface area (Å²) in [7, 11) is 0. The molecule has 0 aliphatic heterocycles. The monoisotopic (exact) mass is 228 g/mol. The summed E-state index contributed by atoms with van der Waals surface area (Å²) in [6.45, 7) is 3.50. The van der Waals surface area contributed by atoms with Gasteiger partial charge in [0.25, 0.3) is 0 Å². The van der Waals surface area contributed by atoms with E-state index in [1.165, 1.54) is 6.92 Å². The Kier molecular flexibility index (Phi) is 3.91. The van der Waals surface area contributed by atoms with E-state index in [1.807, 2.05) is 0 Å². The second kappa shape index (κ2) is 4.82. The first-order valence-corrected chi connectivity index (χ1v) is 5.68. The van der Waals surface area contributed by atoms with Gasteiger partial charge in [0.2, 0.25) is 5.91 Å². The molecule has 1 aliphatic rings. The number of nitrogens with two attached hydrogens (primary N) is 1. The summed E-state index contributed by atoms with van der Waals surface area (Å²) in [5, 5.41) is 11.2. The van der Waals surface area contributed by atoms with E-state index in [-0.39, 0.29) is 5.91 Å². The summed E-state index contributed by atoms with van der Waals surface area (Å²) in [5.74, 6) is -0.959. The van der Waals surface area contributed by atoms with Crippen LogP contribution in [-0.2, 0) is 9.59 Å². The Morgan fingerprint density at radius 1 is 1.56 bits per heavy atom. The zero-order valence-corrected chi connectivity index (χ0v) is 9.82. The molecule has 0 saturated heterocycles. The van der Waals surface area contributed by atoms with Gasteiger partial charge in [0.05, 0.1) is 5.54 Å². The minimum absolute atomic E-state index is 0.339. The van der Waals surface area contributed by atoms with Crippen molar-refractivity contribution >= 4 is 11.9 Å². The molecule has 0 spiro atoms. The minimum atomic E-state index is -1.04. The van der Waals surface area contributed by atoms with Crippen LogP contribution in [0.5, 0.6) is 0 Å². The lowest BCUT2D eigenvalue weighted by atomic mass is 9.76. The van der Waals surface area contributed by atoms with Crippen LogP contribution in [0.2, 0.25) is 0 Å². The number of hydrogen-bond donors (Lipinski definition) is 3. The van der Waals surface area contributed by atoms with Crippen molar-refractivity contribution in [2.24, 2.45) is 11.7 Å². The first kappa shape index (κ1) is 13.0. The van der Waals surface area contributed by atoms with Crippen LogP contribution in [0.3, 0.4) is 0 Å². The summed E-state index contributed by atoms with van der Waals surface area (Å²) in [5.41, 5.74) is 5.15. The molecule has 1 saturated carbocycles. The number of carbonyl (C=O) groups is 2. The lowest BCUT2D eigenvalue weighted by molar-refractivity contribution is -0.142. The molecule has 0 aromatic carbocycles. The highest BCUT2D eigenvalue weighted by molar-refractivity contribution is 5.89. The number of hydrogen-bond acceptors (Lipinski definition) is 3. The van der Waals surface area contributed by atoms with Gasteiger partial charge >= 0.3 is 5.97 Å². The largest absolute Gasteiger partial charge is 0.480 e. The van der Waals surface area contributed by atoms with E-state index in [4.69, 9.17) is 10.8 Å². The number of carbonyl (C=O) groups excluding carboxylic acids is 1. The Hall–Kier alpha value is -1.10. The Morgan fingerprint density at radius 3 is 2.69 bits per heavy atom. The number of amides is 1. The molecule has 0 bridgehead atoms. The molecule has 0 aromatic rings. The molecule has 0 aromatic heterocycles. The van der Waals surface area contributed by atoms with Crippen molar-refractivity contribution in [3.63, 3.8) is 0 Å². The van der Waals surface area contributed by atoms with Gasteiger partial charge in [-0.25, -0.2) is 0 Å². The predicted octanol–water partition coefficient (Wildman–Crippen LogP) is 0.483. The van der Waals surface area contributed by atoms with Gasteiger partial charge in [-0.1, -0.05) is 19.8 Å². The predicted molar refractivity (Wildman–Crippen MR) is 59.8 cm³/mol. The summed E-state index contributed by atoms with van der Waals surface area (Å²) in [6.07, 6.45) is 3.27. The third kappa shape index (κ3) is 2.95. The van der Waals surface area contributed by atoms with Crippen molar-refractivity contribution in [1.82, 2.24) is 5.32 Å². The van der Waals surface area contributed by atoms with Gasteiger partial charge in [0.1, 0.15) is 6.04 Å². The van der Waals surface area contributed by atoms with Gasteiger partial charge in [-0.05, 0) is 25.7 Å². The molecular formula is C11H20N2O3. The molecule has 3 atom stereocenters. The van der Waals surface area contributed by atoms with E-state index in [0.29, 0.717) is 18.8 Å². The molecule has 5 heteroatoms. The zero-order valence-electron chi connectivity index (χ0n) is 9.82. The van der Waals surface area contributed by atoms with Crippen LogP contribution in [-0.4, -0.2) is 28.6 Å². The van der Waals surface area contributed by atoms with E-state index >= 15 is 0 Å². The second-order valence-corrected chi connectivity index (χ2v) is 4.89. The Morgan fingerprint density at radius 2 is 2.19 bits per heavy atom. The zero-order chi connectivity index (χ0) is 12.3. The SMILES string of the molecule is CC1CCCC(N)(C(=O)N[C@@H](C)C(=O)O)C1. The standard InChI is InChI=1S/C11H20N2O3/c1-7-4-3-5-11(12,6-7)10(16)13-8(2)9(14)15/h7-8H,3-6,12H2,1-2H3,(H,13,16)(H,14,15)/t7?,8-,11?/m0/s1. The quantitative estimate of drug-likeness (QED) is 0.655. The fraction of sp³-hybridized carbons (Fsp3) is 0.818. The van der Waals surface area contributed by atoms with Crippen LogP contribution >= 0.6 is 0 Å². The lowest BCUT2D eigenvalue weighted by Crippen LogP contribution is -2.58. The Balaban J connectivity index is 2.61. The van der Waals surface area contributed by atoms with E-state index in [9.17, 15) is 9.59 Å². The number of carboxylic acid groups (broad SMARTS) is 1. The fourth-order valence-electron chi connectivity index (χ4n) is 2.20. The second-order valence-electron chi connectivity index (χ2n) is 4.89. The topological polar surface area (TPSA) is 92.4 Å². The van der Waals surface area contributed by atoms with Gasteiger partial charge < -0.3 is 16.2 Å². The number of nitrogens with one attached hydrogen (secondary N) is 1. The van der Waals surface area contributed by atoms with Gasteiger partial charge in [-0.3, -0.25) is 9.59 Å². The van der Waals surface area contributed by atoms with E-state index in [0.717, 1.165) is 12.8 Å². The summed E-state index contributed by atoms with van der Waals surface area (Å²) >= 11 is 0. The molecule has 0 heterocycles. The highest BCUT2D eigenvalue weighted by atomic mass is 16.4. The van der Waals surface area contributed by atoms with Crippen LogP contribution in [0.1, 0.15) is 39.5 Å². The highest BCUT2D eigenvalue weighted by Gasteiger charge is 2.38. The number of rotatable bonds is 3. The Labute approximate surface area is 95.4 Å². The van der Waals surface area contributed by atoms with Crippen molar-refractivity contribution in [2.75, 3.05) is 0 Å². The third-order valence-electron chi connectivity index (χ3n) is 3.20. The molecule has 2 unspecified atom stereocenters. The van der Waals surface area contributed by atoms with E-state index in [2.05, 4.69) is 12.2 Å². The van der Waals surface area contributed by atoms with Crippen LogP contribution in [0.4, 0.5) is 0 Å². The average molecular weight is 228 g/mol. The molecule has 16 heavy (non-hydrogen) atoms. The molecule has 5 nitrogen and oxygen atoms in total. The van der Waals surface area contributed by atoms with Crippen LogP contribution in [0, 0.1) is 5.92 Å². The average Bonchev–Trinajstić information content (AvgIpc) is 2.16. The van der Waals surface area contributed by atoms with Gasteiger partial charge in [-0.15, -0.1) is 0 Å². The molecule has 92 valence electrons. The maximum atomic E-state index is 11.9. The van der Waals surface area contributed by atoms with Gasteiger partial charge in [-0.2, -0.15) is 0 Å². The Bertz CT molecular complexity index is 293. The first-order valence-electron chi connectivity index (χ1n) is 5.68. The first-order chi connectivity index (χ1) is 7.35. The van der Waals surface area contributed by atoms with Crippen molar-refractivity contribution in [2.45, 2.75) is 51.1 Å². The maximum Gasteiger partial charge on any atom is 0.325 e. The summed E-state index contributed by atoms with van der Waals surface area (Å²) in [6, 6.07) is -0.884. The van der Waals surface area contributed by atoms with Crippen molar-refractivity contribution in [1.29, 1.82) is 0 Å². The molecule has 1 rings (SSSR count). The van der Waals surface area contributed by atoms with Crippen molar-refractivity contribution in [3.05, 3.63) is 0 Å². The molecule has 1 aliphatic carbocycles. The molecule has 1 amide bonds. The molecule has 1 fully saturated rings. The smallest absolute Gasteiger partial charge is 0.325 e. The van der Waals surface area contributed by atoms with Crippen LogP contribution < -0.4 is 11.1 Å². The van der Waals surface area contributed by atoms with E-state index < -0.39 is 17.6 Å². The third-order valence-corrected chi connectivity index (χ3v) is 3.20. The van der Waals surface area contributed by atoms with Crippen LogP contribution in [0.15, 0.2) is 0 Å². The van der Waals surface area contributed by atoms with Crippen molar-refractivity contribution < 1.29 is 14.7 Å². The summed E-state index contributed by atoms with van der Waals surface area (Å²) in [4.78, 5) is 22.5. The van der Waals surface area contributed by atoms with Gasteiger partial charge in [0, 0.05) is 0 Å². The van der Waals surface area contributed by atoms with E-state index in [1.54, 1.807) is 0 Å². The lowest BCUT2D eigenvalue weighted by Gasteiger charge is -2.35. The van der Waals surface area contributed by atoms with Gasteiger partial charge in [0.15, 0.2) is 0 Å². The highest BCUT2D eigenvalue weighted by Crippen LogP contribution is 2.30. The number of aliphatic carboxylic acids is 1. The summed E-state index contributed by atoms with van der Waals surface area (Å²) < 4.78 is 0.